The van der Waals surface area contributed by atoms with Crippen LogP contribution in [-0.2, 0) is 20.9 Å². The summed E-state index contributed by atoms with van der Waals surface area (Å²) in [5.41, 5.74) is 1.66. The van der Waals surface area contributed by atoms with Crippen LogP contribution in [0.25, 0.3) is 22.7 Å². The molecular weight excluding hydrogens is 424 g/mol. The van der Waals surface area contributed by atoms with E-state index >= 15 is 0 Å². The standard InChI is InChI=1S/C24H28N4O5/c1-15-19(20(27-33-15)16-8-6-5-7-9-16)21-26-25-18(32-21)14-31-22(29)17-10-12-28(13-11-17)23(30)24(2,3)4/h5-9,17H,10-14H2,1-4H3. The van der Waals surface area contributed by atoms with Gasteiger partial charge in [-0.3, -0.25) is 9.59 Å². The third-order valence-corrected chi connectivity index (χ3v) is 5.69. The SMILES string of the molecule is Cc1onc(-c2ccccc2)c1-c1nnc(COC(=O)C2CCN(C(=O)C(C)(C)C)CC2)o1. The molecule has 1 saturated heterocycles. The molecule has 1 fully saturated rings. The van der Waals surface area contributed by atoms with Crippen molar-refractivity contribution >= 4 is 11.9 Å². The van der Waals surface area contributed by atoms with Gasteiger partial charge in [-0.1, -0.05) is 56.3 Å². The minimum absolute atomic E-state index is 0.103. The minimum Gasteiger partial charge on any atom is -0.455 e. The molecule has 9 nitrogen and oxygen atoms in total. The molecule has 33 heavy (non-hydrogen) atoms. The van der Waals surface area contributed by atoms with Crippen LogP contribution in [0.3, 0.4) is 0 Å². The maximum Gasteiger partial charge on any atom is 0.309 e. The summed E-state index contributed by atoms with van der Waals surface area (Å²) in [4.78, 5) is 26.8. The highest BCUT2D eigenvalue weighted by Crippen LogP contribution is 2.33. The highest BCUT2D eigenvalue weighted by molar-refractivity contribution is 5.82. The Hall–Kier alpha value is -3.49. The van der Waals surface area contributed by atoms with Crippen LogP contribution in [0, 0.1) is 18.3 Å². The molecule has 2 aromatic heterocycles. The van der Waals surface area contributed by atoms with E-state index in [1.54, 1.807) is 6.92 Å². The van der Waals surface area contributed by atoms with Crippen molar-refractivity contribution in [1.29, 1.82) is 0 Å². The van der Waals surface area contributed by atoms with Crippen molar-refractivity contribution in [2.75, 3.05) is 13.1 Å². The van der Waals surface area contributed by atoms with Gasteiger partial charge < -0.3 is 18.6 Å². The fourth-order valence-corrected chi connectivity index (χ4v) is 3.87. The number of piperidine rings is 1. The number of amides is 1. The van der Waals surface area contributed by atoms with Crippen molar-refractivity contribution < 1.29 is 23.3 Å². The monoisotopic (exact) mass is 452 g/mol. The Balaban J connectivity index is 1.36. The van der Waals surface area contributed by atoms with Crippen LogP contribution >= 0.6 is 0 Å². The molecule has 3 heterocycles. The molecule has 1 aromatic carbocycles. The summed E-state index contributed by atoms with van der Waals surface area (Å²) in [5, 5.41) is 12.2. The van der Waals surface area contributed by atoms with Gasteiger partial charge in [-0.25, -0.2) is 0 Å². The van der Waals surface area contributed by atoms with Crippen LogP contribution < -0.4 is 0 Å². The fraction of sp³-hybridized carbons (Fsp3) is 0.458. The largest absolute Gasteiger partial charge is 0.455 e. The first-order chi connectivity index (χ1) is 15.7. The molecule has 3 aromatic rings. The maximum absolute atomic E-state index is 12.5. The number of rotatable bonds is 5. The molecule has 0 N–H and O–H groups in total. The zero-order valence-electron chi connectivity index (χ0n) is 19.3. The minimum atomic E-state index is -0.424. The number of ether oxygens (including phenoxy) is 1. The maximum atomic E-state index is 12.5. The summed E-state index contributed by atoms with van der Waals surface area (Å²) >= 11 is 0. The second-order valence-corrected chi connectivity index (χ2v) is 9.25. The molecule has 4 rings (SSSR count). The van der Waals surface area contributed by atoms with Gasteiger partial charge in [0.05, 0.1) is 5.92 Å². The number of hydrogen-bond donors (Lipinski definition) is 0. The number of hydrogen-bond acceptors (Lipinski definition) is 8. The Bertz CT molecular complexity index is 1120. The Labute approximate surface area is 192 Å². The zero-order valence-corrected chi connectivity index (χ0v) is 19.3. The van der Waals surface area contributed by atoms with Crippen LogP contribution in [0.4, 0.5) is 0 Å². The molecular formula is C24H28N4O5. The topological polar surface area (TPSA) is 112 Å². The number of likely N-dealkylation sites (tertiary alicyclic amines) is 1. The predicted octanol–water partition coefficient (Wildman–Crippen LogP) is 4.03. The average molecular weight is 453 g/mol. The highest BCUT2D eigenvalue weighted by Gasteiger charge is 2.33. The number of nitrogens with zero attached hydrogens (tertiary/aromatic N) is 4. The molecule has 0 bridgehead atoms. The van der Waals surface area contributed by atoms with Crippen molar-refractivity contribution in [2.45, 2.75) is 47.1 Å². The molecule has 0 radical (unpaired) electrons. The molecule has 9 heteroatoms. The van der Waals surface area contributed by atoms with E-state index in [1.807, 2.05) is 56.0 Å². The number of benzene rings is 1. The molecule has 174 valence electrons. The van der Waals surface area contributed by atoms with Gasteiger partial charge in [-0.15, -0.1) is 10.2 Å². The van der Waals surface area contributed by atoms with Crippen LogP contribution in [0.15, 0.2) is 39.3 Å². The lowest BCUT2D eigenvalue weighted by atomic mass is 9.91. The van der Waals surface area contributed by atoms with Crippen LogP contribution in [0.2, 0.25) is 0 Å². The van der Waals surface area contributed by atoms with Gasteiger partial charge in [0.2, 0.25) is 5.91 Å². The fourth-order valence-electron chi connectivity index (χ4n) is 3.87. The first kappa shape index (κ1) is 22.7. The Morgan fingerprint density at radius 3 is 2.48 bits per heavy atom. The molecule has 0 aliphatic carbocycles. The third-order valence-electron chi connectivity index (χ3n) is 5.69. The lowest BCUT2D eigenvalue weighted by Crippen LogP contribution is -2.45. The van der Waals surface area contributed by atoms with E-state index in [0.29, 0.717) is 42.9 Å². The van der Waals surface area contributed by atoms with Crippen LogP contribution in [-0.4, -0.2) is 45.2 Å². The zero-order chi connectivity index (χ0) is 23.6. The molecule has 1 amide bonds. The van der Waals surface area contributed by atoms with Gasteiger partial charge in [0, 0.05) is 24.1 Å². The van der Waals surface area contributed by atoms with Crippen molar-refractivity contribution in [2.24, 2.45) is 11.3 Å². The normalized spacial score (nSPS) is 15.0. The molecule has 0 atom stereocenters. The summed E-state index contributed by atoms with van der Waals surface area (Å²) < 4.78 is 16.5. The Morgan fingerprint density at radius 1 is 1.12 bits per heavy atom. The van der Waals surface area contributed by atoms with Gasteiger partial charge >= 0.3 is 5.97 Å². The predicted molar refractivity (Wildman–Crippen MR) is 119 cm³/mol. The van der Waals surface area contributed by atoms with Gasteiger partial charge in [0.25, 0.3) is 11.8 Å². The van der Waals surface area contributed by atoms with Gasteiger partial charge in [-0.05, 0) is 19.8 Å². The summed E-state index contributed by atoms with van der Waals surface area (Å²) in [6.45, 7) is 8.47. The number of carbonyl (C=O) groups excluding carboxylic acids is 2. The van der Waals surface area contributed by atoms with Gasteiger partial charge in [-0.2, -0.15) is 0 Å². The van der Waals surface area contributed by atoms with E-state index in [2.05, 4.69) is 15.4 Å². The summed E-state index contributed by atoms with van der Waals surface area (Å²) in [7, 11) is 0. The van der Waals surface area contributed by atoms with Crippen LogP contribution in [0.5, 0.6) is 0 Å². The second-order valence-electron chi connectivity index (χ2n) is 9.25. The van der Waals surface area contributed by atoms with Crippen LogP contribution in [0.1, 0.15) is 45.3 Å². The lowest BCUT2D eigenvalue weighted by Gasteiger charge is -2.34. The molecule has 1 aliphatic rings. The highest BCUT2D eigenvalue weighted by atomic mass is 16.5. The first-order valence-corrected chi connectivity index (χ1v) is 11.0. The van der Waals surface area contributed by atoms with Crippen molar-refractivity contribution in [3.8, 4) is 22.7 Å². The first-order valence-electron chi connectivity index (χ1n) is 11.0. The Morgan fingerprint density at radius 2 is 1.82 bits per heavy atom. The lowest BCUT2D eigenvalue weighted by molar-refractivity contribution is -0.154. The van der Waals surface area contributed by atoms with Crippen molar-refractivity contribution in [1.82, 2.24) is 20.3 Å². The quantitative estimate of drug-likeness (QED) is 0.534. The summed E-state index contributed by atoms with van der Waals surface area (Å²) in [5.74, 6) is 0.542. The number of aromatic nitrogens is 3. The molecule has 0 unspecified atom stereocenters. The van der Waals surface area contributed by atoms with Gasteiger partial charge in [0.15, 0.2) is 6.61 Å². The second kappa shape index (κ2) is 9.17. The smallest absolute Gasteiger partial charge is 0.309 e. The van der Waals surface area contributed by atoms with Crippen molar-refractivity contribution in [3.63, 3.8) is 0 Å². The van der Waals surface area contributed by atoms with Crippen molar-refractivity contribution in [3.05, 3.63) is 42.0 Å². The Kier molecular flexibility index (Phi) is 6.31. The van der Waals surface area contributed by atoms with E-state index in [0.717, 1.165) is 5.56 Å². The summed E-state index contributed by atoms with van der Waals surface area (Å²) in [6, 6.07) is 9.57. The third kappa shape index (κ3) is 4.97. The van der Waals surface area contributed by atoms with E-state index < -0.39 is 5.41 Å². The van der Waals surface area contributed by atoms with Gasteiger partial charge in [0.1, 0.15) is 17.0 Å². The van der Waals surface area contributed by atoms with E-state index in [9.17, 15) is 9.59 Å². The molecule has 0 saturated carbocycles. The van der Waals surface area contributed by atoms with E-state index in [-0.39, 0.29) is 36.2 Å². The number of carbonyl (C=O) groups is 2. The number of aryl methyl sites for hydroxylation is 1. The average Bonchev–Trinajstić information content (AvgIpc) is 3.43. The number of esters is 1. The molecule has 1 aliphatic heterocycles. The van der Waals surface area contributed by atoms with E-state index in [4.69, 9.17) is 13.7 Å². The van der Waals surface area contributed by atoms with E-state index in [1.165, 1.54) is 0 Å². The summed E-state index contributed by atoms with van der Waals surface area (Å²) in [6.07, 6.45) is 1.16. The molecule has 0 spiro atoms.